The van der Waals surface area contributed by atoms with Crippen LogP contribution in [0, 0.1) is 5.92 Å². The first kappa shape index (κ1) is 12.4. The predicted octanol–water partition coefficient (Wildman–Crippen LogP) is 3.70. The molecule has 1 heterocycles. The third-order valence-corrected chi connectivity index (χ3v) is 3.51. The van der Waals surface area contributed by atoms with Gasteiger partial charge < -0.3 is 9.84 Å². The Hall–Kier alpha value is -1.02. The van der Waals surface area contributed by atoms with Crippen molar-refractivity contribution in [3.8, 4) is 5.75 Å². The Morgan fingerprint density at radius 3 is 2.82 bits per heavy atom. The summed E-state index contributed by atoms with van der Waals surface area (Å²) in [6.45, 7) is 6.54. The summed E-state index contributed by atoms with van der Waals surface area (Å²) in [6, 6.07) is 7.80. The normalized spacial score (nSPS) is 27.7. The average Bonchev–Trinajstić information content (AvgIpc) is 2.26. The first-order valence-electron chi connectivity index (χ1n) is 6.46. The van der Waals surface area contributed by atoms with Crippen LogP contribution < -0.4 is 4.74 Å². The topological polar surface area (TPSA) is 29.5 Å². The van der Waals surface area contributed by atoms with Gasteiger partial charge in [-0.2, -0.15) is 0 Å². The molecule has 2 rings (SSSR count). The lowest BCUT2D eigenvalue weighted by Crippen LogP contribution is -2.38. The molecule has 0 bridgehead atoms. The smallest absolute Gasteiger partial charge is 0.125 e. The minimum atomic E-state index is -0.392. The van der Waals surface area contributed by atoms with Gasteiger partial charge in [0.2, 0.25) is 0 Å². The van der Waals surface area contributed by atoms with Crippen molar-refractivity contribution in [2.45, 2.75) is 51.7 Å². The van der Waals surface area contributed by atoms with Crippen molar-refractivity contribution in [1.29, 1.82) is 0 Å². The number of hydrogen-bond donors (Lipinski definition) is 1. The van der Waals surface area contributed by atoms with Gasteiger partial charge in [0, 0.05) is 12.0 Å². The Labute approximate surface area is 104 Å². The summed E-state index contributed by atoms with van der Waals surface area (Å²) in [5.74, 6) is 1.52. The quantitative estimate of drug-likeness (QED) is 0.864. The van der Waals surface area contributed by atoms with E-state index in [0.717, 1.165) is 24.2 Å². The van der Waals surface area contributed by atoms with Gasteiger partial charge in [0.15, 0.2) is 0 Å². The lowest BCUT2D eigenvalue weighted by atomic mass is 9.85. The molecule has 1 N–H and O–H groups in total. The minimum Gasteiger partial charge on any atom is -0.487 e. The summed E-state index contributed by atoms with van der Waals surface area (Å²) in [4.78, 5) is 0. The second kappa shape index (κ2) is 4.69. The van der Waals surface area contributed by atoms with E-state index >= 15 is 0 Å². The molecule has 0 saturated carbocycles. The standard InChI is InChI=1S/C15H22O2/c1-11(2)8-9-15(3)10-13(16)12-6-4-5-7-14(12)17-15/h4-7,11,13,16H,8-10H2,1-3H3/t13-,15?/m0/s1. The van der Waals surface area contributed by atoms with Crippen LogP contribution in [0.25, 0.3) is 0 Å². The fourth-order valence-corrected chi connectivity index (χ4v) is 2.42. The molecule has 0 radical (unpaired) electrons. The number of para-hydroxylation sites is 1. The zero-order valence-corrected chi connectivity index (χ0v) is 10.9. The van der Waals surface area contributed by atoms with Crippen molar-refractivity contribution in [3.63, 3.8) is 0 Å². The third kappa shape index (κ3) is 2.81. The van der Waals surface area contributed by atoms with E-state index in [4.69, 9.17) is 4.74 Å². The first-order valence-corrected chi connectivity index (χ1v) is 6.46. The highest BCUT2D eigenvalue weighted by Gasteiger charge is 2.36. The molecular weight excluding hydrogens is 212 g/mol. The van der Waals surface area contributed by atoms with E-state index in [1.54, 1.807) is 0 Å². The molecule has 2 atom stereocenters. The summed E-state index contributed by atoms with van der Waals surface area (Å²) in [5, 5.41) is 10.2. The molecule has 1 aliphatic heterocycles. The Balaban J connectivity index is 2.15. The average molecular weight is 234 g/mol. The van der Waals surface area contributed by atoms with E-state index in [1.165, 1.54) is 0 Å². The van der Waals surface area contributed by atoms with Gasteiger partial charge in [-0.05, 0) is 31.7 Å². The molecule has 0 amide bonds. The van der Waals surface area contributed by atoms with Gasteiger partial charge in [-0.15, -0.1) is 0 Å². The van der Waals surface area contributed by atoms with Crippen LogP contribution in [0.3, 0.4) is 0 Å². The lowest BCUT2D eigenvalue weighted by molar-refractivity contribution is -0.0100. The Bertz CT molecular complexity index is 386. The van der Waals surface area contributed by atoms with E-state index < -0.39 is 6.10 Å². The van der Waals surface area contributed by atoms with E-state index in [0.29, 0.717) is 12.3 Å². The Kier molecular flexibility index (Phi) is 3.43. The van der Waals surface area contributed by atoms with Crippen LogP contribution in [0.5, 0.6) is 5.75 Å². The fraction of sp³-hybridized carbons (Fsp3) is 0.600. The maximum absolute atomic E-state index is 10.2. The number of benzene rings is 1. The summed E-state index contributed by atoms with van der Waals surface area (Å²) >= 11 is 0. The van der Waals surface area contributed by atoms with Gasteiger partial charge in [-0.1, -0.05) is 32.0 Å². The molecule has 1 aromatic rings. The van der Waals surface area contributed by atoms with Crippen LogP contribution in [0.4, 0.5) is 0 Å². The lowest BCUT2D eigenvalue weighted by Gasteiger charge is -2.38. The number of hydrogen-bond acceptors (Lipinski definition) is 2. The van der Waals surface area contributed by atoms with Gasteiger partial charge in [0.05, 0.1) is 6.10 Å². The second-order valence-electron chi connectivity index (χ2n) is 5.74. The van der Waals surface area contributed by atoms with Crippen LogP contribution in [-0.2, 0) is 0 Å². The number of ether oxygens (including phenoxy) is 1. The highest BCUT2D eigenvalue weighted by molar-refractivity contribution is 5.37. The van der Waals surface area contributed by atoms with Crippen molar-refractivity contribution in [1.82, 2.24) is 0 Å². The summed E-state index contributed by atoms with van der Waals surface area (Å²) in [6.07, 6.45) is 2.43. The van der Waals surface area contributed by atoms with Crippen LogP contribution in [0.1, 0.15) is 51.7 Å². The van der Waals surface area contributed by atoms with Crippen molar-refractivity contribution in [2.75, 3.05) is 0 Å². The Morgan fingerprint density at radius 2 is 2.12 bits per heavy atom. The van der Waals surface area contributed by atoms with Crippen LogP contribution in [0.15, 0.2) is 24.3 Å². The second-order valence-corrected chi connectivity index (χ2v) is 5.74. The number of rotatable bonds is 3. The molecule has 1 aromatic carbocycles. The van der Waals surface area contributed by atoms with E-state index in [-0.39, 0.29) is 5.60 Å². The van der Waals surface area contributed by atoms with Gasteiger partial charge in [-0.3, -0.25) is 0 Å². The minimum absolute atomic E-state index is 0.224. The van der Waals surface area contributed by atoms with Crippen molar-refractivity contribution in [2.24, 2.45) is 5.92 Å². The molecule has 2 heteroatoms. The maximum Gasteiger partial charge on any atom is 0.125 e. The molecule has 0 aromatic heterocycles. The van der Waals surface area contributed by atoms with E-state index in [2.05, 4.69) is 20.8 Å². The fourth-order valence-electron chi connectivity index (χ4n) is 2.42. The molecule has 17 heavy (non-hydrogen) atoms. The highest BCUT2D eigenvalue weighted by Crippen LogP contribution is 2.41. The summed E-state index contributed by atoms with van der Waals surface area (Å²) in [7, 11) is 0. The SMILES string of the molecule is CC(C)CCC1(C)C[C@H](O)c2ccccc2O1. The Morgan fingerprint density at radius 1 is 1.41 bits per heavy atom. The van der Waals surface area contributed by atoms with E-state index in [1.807, 2.05) is 24.3 Å². The van der Waals surface area contributed by atoms with Gasteiger partial charge in [0.25, 0.3) is 0 Å². The van der Waals surface area contributed by atoms with Crippen molar-refractivity contribution in [3.05, 3.63) is 29.8 Å². The maximum atomic E-state index is 10.2. The predicted molar refractivity (Wildman–Crippen MR) is 69.1 cm³/mol. The molecule has 1 aliphatic rings. The number of aliphatic hydroxyl groups is 1. The molecule has 1 unspecified atom stereocenters. The van der Waals surface area contributed by atoms with Gasteiger partial charge in [-0.25, -0.2) is 0 Å². The third-order valence-electron chi connectivity index (χ3n) is 3.51. The molecule has 0 aliphatic carbocycles. The van der Waals surface area contributed by atoms with Crippen LogP contribution in [0.2, 0.25) is 0 Å². The zero-order chi connectivity index (χ0) is 12.5. The monoisotopic (exact) mass is 234 g/mol. The van der Waals surface area contributed by atoms with Crippen molar-refractivity contribution < 1.29 is 9.84 Å². The van der Waals surface area contributed by atoms with Crippen LogP contribution >= 0.6 is 0 Å². The molecule has 2 nitrogen and oxygen atoms in total. The molecule has 0 spiro atoms. The zero-order valence-electron chi connectivity index (χ0n) is 10.9. The van der Waals surface area contributed by atoms with Crippen LogP contribution in [-0.4, -0.2) is 10.7 Å². The summed E-state index contributed by atoms with van der Waals surface area (Å²) < 4.78 is 6.08. The first-order chi connectivity index (χ1) is 8.00. The highest BCUT2D eigenvalue weighted by atomic mass is 16.5. The largest absolute Gasteiger partial charge is 0.487 e. The molecule has 0 saturated heterocycles. The van der Waals surface area contributed by atoms with Gasteiger partial charge >= 0.3 is 0 Å². The number of aliphatic hydroxyl groups excluding tert-OH is 1. The summed E-state index contributed by atoms with van der Waals surface area (Å²) in [5.41, 5.74) is 0.701. The molecule has 0 fully saturated rings. The van der Waals surface area contributed by atoms with Crippen molar-refractivity contribution >= 4 is 0 Å². The number of fused-ring (bicyclic) bond motifs is 1. The van der Waals surface area contributed by atoms with Gasteiger partial charge in [0.1, 0.15) is 11.4 Å². The molecular formula is C15H22O2. The van der Waals surface area contributed by atoms with E-state index in [9.17, 15) is 5.11 Å². The molecule has 94 valence electrons.